The Bertz CT molecular complexity index is 1220. The monoisotopic (exact) mass is 490 g/mol. The number of hydrogen-bond donors (Lipinski definition) is 2. The van der Waals surface area contributed by atoms with Crippen LogP contribution in [0, 0.1) is 12.8 Å². The third-order valence-electron chi connectivity index (χ3n) is 6.18. The number of nitrogen functional groups attached to an aromatic ring is 1. The number of nitrogens with one attached hydrogen (secondary N) is 1. The maximum atomic E-state index is 13.2. The number of methoxy groups -OCH3 is 1. The molecule has 188 valence electrons. The molecule has 0 spiro atoms. The topological polar surface area (TPSA) is 91.5 Å². The molecule has 2 aromatic carbocycles. The Balaban J connectivity index is 1.68. The van der Waals surface area contributed by atoms with Crippen LogP contribution in [-0.4, -0.2) is 35.9 Å². The minimum absolute atomic E-state index is 0.0406. The second kappa shape index (κ2) is 9.41. The van der Waals surface area contributed by atoms with Crippen molar-refractivity contribution in [3.63, 3.8) is 0 Å². The number of halogens is 3. The summed E-state index contributed by atoms with van der Waals surface area (Å²) >= 11 is 0. The summed E-state index contributed by atoms with van der Waals surface area (Å²) in [5, 5.41) is 3.80. The van der Waals surface area contributed by atoms with Gasteiger partial charge in [-0.25, -0.2) is 9.97 Å². The molecule has 1 aliphatic heterocycles. The minimum atomic E-state index is -4.48. The molecule has 1 aliphatic rings. The van der Waals surface area contributed by atoms with Crippen LogP contribution in [0.4, 0.5) is 24.7 Å². The summed E-state index contributed by atoms with van der Waals surface area (Å²) < 4.78 is 57.1. The fraction of sp³-hybridized carbons (Fsp3) is 0.440. The number of benzene rings is 2. The van der Waals surface area contributed by atoms with Crippen LogP contribution >= 0.6 is 0 Å². The summed E-state index contributed by atoms with van der Waals surface area (Å²) in [5.74, 6) is 2.25. The second-order valence-electron chi connectivity index (χ2n) is 9.22. The van der Waals surface area contributed by atoms with E-state index in [0.29, 0.717) is 52.8 Å². The van der Waals surface area contributed by atoms with Gasteiger partial charge >= 0.3 is 6.18 Å². The first kappa shape index (κ1) is 24.8. The van der Waals surface area contributed by atoms with E-state index in [-0.39, 0.29) is 18.2 Å². The van der Waals surface area contributed by atoms with Crippen LogP contribution in [0.15, 0.2) is 30.3 Å². The summed E-state index contributed by atoms with van der Waals surface area (Å²) in [6.45, 7) is 7.18. The van der Waals surface area contributed by atoms with E-state index in [2.05, 4.69) is 15.3 Å². The Morgan fingerprint density at radius 2 is 1.89 bits per heavy atom. The van der Waals surface area contributed by atoms with E-state index in [1.54, 1.807) is 26.2 Å². The lowest BCUT2D eigenvalue weighted by atomic mass is 9.90. The smallest absolute Gasteiger partial charge is 0.416 e. The highest BCUT2D eigenvalue weighted by atomic mass is 19.4. The molecule has 7 nitrogen and oxygen atoms in total. The quantitative estimate of drug-likeness (QED) is 0.431. The lowest BCUT2D eigenvalue weighted by Gasteiger charge is -2.32. The Hall–Kier alpha value is -3.27. The van der Waals surface area contributed by atoms with Crippen molar-refractivity contribution in [2.24, 2.45) is 5.92 Å². The number of fused-ring (bicyclic) bond motifs is 1. The van der Waals surface area contributed by atoms with Gasteiger partial charge in [0.2, 0.25) is 0 Å². The molecule has 3 aromatic rings. The van der Waals surface area contributed by atoms with Gasteiger partial charge in [0.15, 0.2) is 11.5 Å². The maximum absolute atomic E-state index is 13.2. The Morgan fingerprint density at radius 3 is 2.54 bits per heavy atom. The van der Waals surface area contributed by atoms with Crippen molar-refractivity contribution in [3.8, 4) is 11.5 Å². The molecule has 2 heterocycles. The molecule has 1 unspecified atom stereocenters. The highest BCUT2D eigenvalue weighted by molar-refractivity contribution is 5.91. The predicted molar refractivity (Wildman–Crippen MR) is 128 cm³/mol. The Kier molecular flexibility index (Phi) is 6.68. The zero-order valence-corrected chi connectivity index (χ0v) is 20.1. The van der Waals surface area contributed by atoms with Crippen LogP contribution < -0.4 is 20.5 Å². The number of nitrogens with zero attached hydrogens (tertiary/aromatic N) is 2. The van der Waals surface area contributed by atoms with Crippen molar-refractivity contribution >= 4 is 22.4 Å². The van der Waals surface area contributed by atoms with Gasteiger partial charge in [-0.2, -0.15) is 13.2 Å². The van der Waals surface area contributed by atoms with Gasteiger partial charge in [-0.05, 0) is 57.0 Å². The second-order valence-corrected chi connectivity index (χ2v) is 9.22. The molecule has 35 heavy (non-hydrogen) atoms. The first-order chi connectivity index (χ1) is 16.5. The van der Waals surface area contributed by atoms with E-state index in [4.69, 9.17) is 19.9 Å². The number of hydrogen-bond acceptors (Lipinski definition) is 7. The molecule has 3 N–H and O–H groups in total. The van der Waals surface area contributed by atoms with Crippen LogP contribution in [0.5, 0.6) is 11.5 Å². The highest BCUT2D eigenvalue weighted by Gasteiger charge is 2.35. The van der Waals surface area contributed by atoms with E-state index in [0.717, 1.165) is 18.6 Å². The predicted octanol–water partition coefficient (Wildman–Crippen LogP) is 5.35. The zero-order valence-electron chi connectivity index (χ0n) is 20.1. The Morgan fingerprint density at radius 1 is 1.11 bits per heavy atom. The number of ether oxygens (including phenoxy) is 3. The number of aryl methyl sites for hydroxylation is 1. The van der Waals surface area contributed by atoms with Crippen molar-refractivity contribution in [1.29, 1.82) is 0 Å². The summed E-state index contributed by atoms with van der Waals surface area (Å²) in [7, 11) is 1.56. The van der Waals surface area contributed by atoms with E-state index >= 15 is 0 Å². The average Bonchev–Trinajstić information content (AvgIpc) is 3.32. The van der Waals surface area contributed by atoms with Gasteiger partial charge in [-0.1, -0.05) is 0 Å². The zero-order chi connectivity index (χ0) is 25.4. The first-order valence-electron chi connectivity index (χ1n) is 11.3. The van der Waals surface area contributed by atoms with Crippen molar-refractivity contribution in [2.45, 2.75) is 45.5 Å². The molecule has 0 bridgehead atoms. The maximum Gasteiger partial charge on any atom is 0.416 e. The fourth-order valence-electron chi connectivity index (χ4n) is 4.25. The van der Waals surface area contributed by atoms with E-state index in [1.165, 1.54) is 6.07 Å². The van der Waals surface area contributed by atoms with Crippen LogP contribution in [0.1, 0.15) is 37.2 Å². The van der Waals surface area contributed by atoms with Gasteiger partial charge < -0.3 is 25.3 Å². The number of aromatic nitrogens is 2. The van der Waals surface area contributed by atoms with Gasteiger partial charge in [0.1, 0.15) is 17.2 Å². The third-order valence-corrected chi connectivity index (χ3v) is 6.18. The molecule has 0 saturated carbocycles. The summed E-state index contributed by atoms with van der Waals surface area (Å²) in [6.07, 6.45) is -3.58. The molecule has 0 radical (unpaired) electrons. The minimum Gasteiger partial charge on any atom is -0.493 e. The Labute approximate surface area is 201 Å². The average molecular weight is 491 g/mol. The molecule has 0 amide bonds. The van der Waals surface area contributed by atoms with Crippen molar-refractivity contribution in [2.75, 3.05) is 31.4 Å². The molecular formula is C25H29F3N4O3. The van der Waals surface area contributed by atoms with Gasteiger partial charge in [-0.15, -0.1) is 0 Å². The largest absolute Gasteiger partial charge is 0.493 e. The molecule has 10 heteroatoms. The molecule has 4 rings (SSSR count). The van der Waals surface area contributed by atoms with Crippen molar-refractivity contribution in [1.82, 2.24) is 9.97 Å². The van der Waals surface area contributed by atoms with E-state index < -0.39 is 17.3 Å². The van der Waals surface area contributed by atoms with E-state index in [9.17, 15) is 13.2 Å². The lowest BCUT2D eigenvalue weighted by molar-refractivity contribution is -0.137. The molecule has 1 saturated heterocycles. The van der Waals surface area contributed by atoms with Crippen molar-refractivity contribution in [3.05, 3.63) is 47.3 Å². The normalized spacial score (nSPS) is 16.5. The fourth-order valence-corrected chi connectivity index (χ4v) is 4.25. The highest BCUT2D eigenvalue weighted by Crippen LogP contribution is 2.39. The van der Waals surface area contributed by atoms with Crippen LogP contribution in [0.3, 0.4) is 0 Å². The summed E-state index contributed by atoms with van der Waals surface area (Å²) in [6, 6.07) is 7.06. The SMILES string of the molecule is COc1cc2nc(C)nc(NCc3cc(N)cc(C(F)(F)F)c3)c2cc1OC(C)(C)C1CCOC1. The molecule has 0 aliphatic carbocycles. The summed E-state index contributed by atoms with van der Waals surface area (Å²) in [5.41, 5.74) is 5.45. The molecule has 1 aromatic heterocycles. The first-order valence-corrected chi connectivity index (χ1v) is 11.3. The van der Waals surface area contributed by atoms with Gasteiger partial charge in [0.05, 0.1) is 24.8 Å². The number of anilines is 2. The van der Waals surface area contributed by atoms with E-state index in [1.807, 2.05) is 13.8 Å². The number of rotatable bonds is 7. The summed E-state index contributed by atoms with van der Waals surface area (Å²) in [4.78, 5) is 8.99. The molecule has 1 fully saturated rings. The van der Waals surface area contributed by atoms with Gasteiger partial charge in [-0.3, -0.25) is 0 Å². The van der Waals surface area contributed by atoms with Crippen molar-refractivity contribution < 1.29 is 27.4 Å². The van der Waals surface area contributed by atoms with Gasteiger partial charge in [0, 0.05) is 36.2 Å². The third kappa shape index (κ3) is 5.53. The lowest BCUT2D eigenvalue weighted by Crippen LogP contribution is -2.38. The molecule has 1 atom stereocenters. The van der Waals surface area contributed by atoms with Gasteiger partial charge in [0.25, 0.3) is 0 Å². The van der Waals surface area contributed by atoms with Crippen LogP contribution in [-0.2, 0) is 17.5 Å². The van der Waals surface area contributed by atoms with Crippen LogP contribution in [0.25, 0.3) is 10.9 Å². The number of alkyl halides is 3. The number of nitrogens with two attached hydrogens (primary N) is 1. The molecular weight excluding hydrogens is 461 g/mol. The van der Waals surface area contributed by atoms with Crippen LogP contribution in [0.2, 0.25) is 0 Å². The standard InChI is InChI=1S/C25H29F3N4O3/c1-14-31-20-11-21(33-4)22(35-24(2,3)16-5-6-34-13-16)10-19(20)23(32-14)30-12-15-7-17(25(26,27)28)9-18(29)8-15/h7-11,16H,5-6,12-13,29H2,1-4H3,(H,30,31,32).